The molecule has 0 radical (unpaired) electrons. The molecule has 4 rings (SSSR count). The largest absolute Gasteiger partial charge is 0.304 e. The van der Waals surface area contributed by atoms with Gasteiger partial charge in [0.25, 0.3) is 5.91 Å². The lowest BCUT2D eigenvalue weighted by atomic mass is 10.2. The zero-order valence-corrected chi connectivity index (χ0v) is 15.5. The molecule has 1 aromatic carbocycles. The van der Waals surface area contributed by atoms with E-state index in [4.69, 9.17) is 0 Å². The zero-order valence-electron chi connectivity index (χ0n) is 14.7. The van der Waals surface area contributed by atoms with Gasteiger partial charge in [0.2, 0.25) is 0 Å². The van der Waals surface area contributed by atoms with Crippen LogP contribution in [0, 0.1) is 6.92 Å². The van der Waals surface area contributed by atoms with Gasteiger partial charge in [-0.3, -0.25) is 14.5 Å². The molecule has 3 heterocycles. The predicted molar refractivity (Wildman–Crippen MR) is 106 cm³/mol. The van der Waals surface area contributed by atoms with E-state index >= 15 is 0 Å². The molecular weight excluding hydrogens is 358 g/mol. The molecule has 4 aromatic rings. The van der Waals surface area contributed by atoms with Gasteiger partial charge in [-0.15, -0.1) is 11.3 Å². The minimum absolute atomic E-state index is 0.265. The van der Waals surface area contributed by atoms with E-state index < -0.39 is 0 Å². The van der Waals surface area contributed by atoms with E-state index in [1.165, 1.54) is 16.9 Å². The van der Waals surface area contributed by atoms with Gasteiger partial charge in [-0.2, -0.15) is 5.10 Å². The third kappa shape index (κ3) is 4.09. The molecule has 3 aromatic heterocycles. The molecule has 0 saturated heterocycles. The maximum atomic E-state index is 12.5. The number of aryl methyl sites for hydroxylation is 1. The van der Waals surface area contributed by atoms with Crippen molar-refractivity contribution < 1.29 is 4.79 Å². The first-order valence-electron chi connectivity index (χ1n) is 8.44. The summed E-state index contributed by atoms with van der Waals surface area (Å²) in [4.78, 5) is 20.9. The predicted octanol–water partition coefficient (Wildman–Crippen LogP) is 4.01. The number of anilines is 1. The second-order valence-electron chi connectivity index (χ2n) is 6.11. The smallest absolute Gasteiger partial charge is 0.276 e. The fourth-order valence-electron chi connectivity index (χ4n) is 2.58. The van der Waals surface area contributed by atoms with Crippen molar-refractivity contribution in [3.8, 4) is 10.6 Å². The number of carbonyl (C=O) groups is 1. The van der Waals surface area contributed by atoms with Crippen LogP contribution in [-0.4, -0.2) is 25.7 Å². The second kappa shape index (κ2) is 7.51. The number of nitrogens with zero attached hydrogens (tertiary/aromatic N) is 4. The molecule has 0 aliphatic carbocycles. The summed E-state index contributed by atoms with van der Waals surface area (Å²) in [5, 5.41) is 9.77. The van der Waals surface area contributed by atoms with Crippen LogP contribution in [0.5, 0.6) is 0 Å². The molecule has 0 spiro atoms. The molecule has 6 nitrogen and oxygen atoms in total. The normalized spacial score (nSPS) is 10.7. The number of hydrogen-bond acceptors (Lipinski definition) is 5. The Kier molecular flexibility index (Phi) is 4.76. The zero-order chi connectivity index (χ0) is 18.6. The highest BCUT2D eigenvalue weighted by molar-refractivity contribution is 7.13. The number of thiazole rings is 1. The van der Waals surface area contributed by atoms with Crippen LogP contribution in [-0.2, 0) is 6.54 Å². The fraction of sp³-hybridized carbons (Fsp3) is 0.100. The van der Waals surface area contributed by atoms with E-state index in [0.29, 0.717) is 18.1 Å². The van der Waals surface area contributed by atoms with Crippen LogP contribution in [0.4, 0.5) is 5.82 Å². The first-order valence-corrected chi connectivity index (χ1v) is 9.31. The van der Waals surface area contributed by atoms with Crippen molar-refractivity contribution in [3.05, 3.63) is 83.3 Å². The van der Waals surface area contributed by atoms with Crippen LogP contribution < -0.4 is 5.32 Å². The Morgan fingerprint density at radius 1 is 1.11 bits per heavy atom. The number of amides is 1. The van der Waals surface area contributed by atoms with Gasteiger partial charge in [0.1, 0.15) is 10.7 Å². The van der Waals surface area contributed by atoms with Crippen molar-refractivity contribution in [2.24, 2.45) is 0 Å². The van der Waals surface area contributed by atoms with Crippen LogP contribution >= 0.6 is 11.3 Å². The molecule has 7 heteroatoms. The highest BCUT2D eigenvalue weighted by atomic mass is 32.1. The Hall–Kier alpha value is -3.32. The summed E-state index contributed by atoms with van der Waals surface area (Å²) in [5.74, 6) is 0.234. The van der Waals surface area contributed by atoms with Crippen LogP contribution in [0.2, 0.25) is 0 Å². The topological polar surface area (TPSA) is 72.7 Å². The highest BCUT2D eigenvalue weighted by Gasteiger charge is 2.13. The molecule has 1 N–H and O–H groups in total. The van der Waals surface area contributed by atoms with E-state index in [2.05, 4.69) is 20.4 Å². The van der Waals surface area contributed by atoms with Gasteiger partial charge in [0.15, 0.2) is 5.82 Å². The van der Waals surface area contributed by atoms with Gasteiger partial charge in [-0.05, 0) is 24.6 Å². The van der Waals surface area contributed by atoms with Crippen molar-refractivity contribution >= 4 is 23.1 Å². The molecule has 0 fully saturated rings. The van der Waals surface area contributed by atoms with Crippen molar-refractivity contribution in [1.82, 2.24) is 19.7 Å². The van der Waals surface area contributed by atoms with Gasteiger partial charge in [-0.25, -0.2) is 4.98 Å². The Balaban J connectivity index is 1.43. The minimum atomic E-state index is -0.265. The summed E-state index contributed by atoms with van der Waals surface area (Å²) in [6.07, 6.45) is 5.32. The standard InChI is InChI=1S/C20H17N5OS/c1-14-2-4-16(5-3-14)20-22-17(13-27-20)19(26)23-18-8-11-25(24-18)12-15-6-9-21-10-7-15/h2-11,13H,12H2,1H3,(H,23,24,26). The van der Waals surface area contributed by atoms with Gasteiger partial charge in [0.05, 0.1) is 6.54 Å². The van der Waals surface area contributed by atoms with Crippen LogP contribution in [0.25, 0.3) is 10.6 Å². The van der Waals surface area contributed by atoms with Crippen LogP contribution in [0.15, 0.2) is 66.4 Å². The van der Waals surface area contributed by atoms with Gasteiger partial charge in [-0.1, -0.05) is 29.8 Å². The quantitative estimate of drug-likeness (QED) is 0.572. The summed E-state index contributed by atoms with van der Waals surface area (Å²) in [7, 11) is 0. The number of hydrogen-bond donors (Lipinski definition) is 1. The summed E-state index contributed by atoms with van der Waals surface area (Å²) < 4.78 is 1.77. The van der Waals surface area contributed by atoms with E-state index in [1.54, 1.807) is 28.5 Å². The van der Waals surface area contributed by atoms with Gasteiger partial charge >= 0.3 is 0 Å². The average molecular weight is 375 g/mol. The average Bonchev–Trinajstić information content (AvgIpc) is 3.33. The number of carbonyl (C=O) groups excluding carboxylic acids is 1. The summed E-state index contributed by atoms with van der Waals surface area (Å²) in [6.45, 7) is 2.66. The van der Waals surface area contributed by atoms with E-state index in [-0.39, 0.29) is 5.91 Å². The van der Waals surface area contributed by atoms with E-state index in [0.717, 1.165) is 16.1 Å². The Morgan fingerprint density at radius 2 is 1.89 bits per heavy atom. The minimum Gasteiger partial charge on any atom is -0.304 e. The molecule has 0 bridgehead atoms. The fourth-order valence-corrected chi connectivity index (χ4v) is 3.39. The molecule has 0 aliphatic heterocycles. The lowest BCUT2D eigenvalue weighted by Gasteiger charge is -2.01. The third-order valence-corrected chi connectivity index (χ3v) is 4.90. The summed E-state index contributed by atoms with van der Waals surface area (Å²) in [5.41, 5.74) is 3.68. The highest BCUT2D eigenvalue weighted by Crippen LogP contribution is 2.24. The van der Waals surface area contributed by atoms with E-state index in [9.17, 15) is 4.79 Å². The number of nitrogens with one attached hydrogen (secondary N) is 1. The van der Waals surface area contributed by atoms with Crippen molar-refractivity contribution in [2.45, 2.75) is 13.5 Å². The maximum Gasteiger partial charge on any atom is 0.276 e. The maximum absolute atomic E-state index is 12.5. The molecule has 134 valence electrons. The third-order valence-electron chi connectivity index (χ3n) is 4.01. The lowest BCUT2D eigenvalue weighted by Crippen LogP contribution is -2.13. The van der Waals surface area contributed by atoms with Gasteiger partial charge < -0.3 is 5.32 Å². The molecular formula is C20H17N5OS. The number of pyridine rings is 1. The molecule has 27 heavy (non-hydrogen) atoms. The number of rotatable bonds is 5. The summed E-state index contributed by atoms with van der Waals surface area (Å²) in [6, 6.07) is 13.7. The molecule has 0 unspecified atom stereocenters. The van der Waals surface area contributed by atoms with Crippen molar-refractivity contribution in [1.29, 1.82) is 0 Å². The van der Waals surface area contributed by atoms with Crippen LogP contribution in [0.3, 0.4) is 0 Å². The Labute approximate surface area is 160 Å². The first-order chi connectivity index (χ1) is 13.2. The monoisotopic (exact) mass is 375 g/mol. The van der Waals surface area contributed by atoms with E-state index in [1.807, 2.05) is 49.5 Å². The Bertz CT molecular complexity index is 1050. The van der Waals surface area contributed by atoms with Crippen LogP contribution in [0.1, 0.15) is 21.6 Å². The Morgan fingerprint density at radius 3 is 2.67 bits per heavy atom. The summed E-state index contributed by atoms with van der Waals surface area (Å²) >= 11 is 1.45. The second-order valence-corrected chi connectivity index (χ2v) is 6.97. The van der Waals surface area contributed by atoms with Gasteiger partial charge in [0, 0.05) is 35.6 Å². The number of benzene rings is 1. The van der Waals surface area contributed by atoms with Crippen molar-refractivity contribution in [3.63, 3.8) is 0 Å². The molecule has 0 atom stereocenters. The number of aromatic nitrogens is 4. The molecule has 0 saturated carbocycles. The SMILES string of the molecule is Cc1ccc(-c2nc(C(=O)Nc3ccn(Cc4ccncc4)n3)cs2)cc1. The lowest BCUT2D eigenvalue weighted by molar-refractivity contribution is 0.102. The molecule has 0 aliphatic rings. The van der Waals surface area contributed by atoms with Crippen molar-refractivity contribution in [2.75, 3.05) is 5.32 Å². The molecule has 1 amide bonds. The first kappa shape index (κ1) is 17.1.